The molecule has 1 fully saturated rings. The van der Waals surface area contributed by atoms with Gasteiger partial charge in [-0.1, -0.05) is 11.6 Å². The van der Waals surface area contributed by atoms with Crippen molar-refractivity contribution in [3.8, 4) is 11.5 Å². The molecule has 0 spiro atoms. The molecule has 34 heavy (non-hydrogen) atoms. The summed E-state index contributed by atoms with van der Waals surface area (Å²) < 4.78 is 55.0. The molecule has 2 aromatic carbocycles. The molecule has 1 aliphatic rings. The lowest BCUT2D eigenvalue weighted by Crippen LogP contribution is -2.28. The summed E-state index contributed by atoms with van der Waals surface area (Å²) in [6.45, 7) is 1.68. The summed E-state index contributed by atoms with van der Waals surface area (Å²) >= 11 is 5.91. The fourth-order valence-corrected chi connectivity index (χ4v) is 4.13. The van der Waals surface area contributed by atoms with Crippen LogP contribution in [0.15, 0.2) is 36.7 Å². The number of hydrogen-bond acceptors (Lipinski definition) is 7. The SMILES string of the molecule is CS(=O)(=O)NCCOc1cc2ncnc(Nc3ccc(F)c(Cl)c3)c2cc1OC1CC[OH+]CC1. The molecule has 0 atom stereocenters. The van der Waals surface area contributed by atoms with E-state index in [4.69, 9.17) is 21.1 Å². The smallest absolute Gasteiger partial charge is 0.208 e. The highest BCUT2D eigenvalue weighted by Crippen LogP contribution is 2.36. The van der Waals surface area contributed by atoms with Crippen LogP contribution in [0.4, 0.5) is 15.9 Å². The van der Waals surface area contributed by atoms with Crippen molar-refractivity contribution in [1.29, 1.82) is 0 Å². The van der Waals surface area contributed by atoms with Crippen molar-refractivity contribution in [1.82, 2.24) is 14.7 Å². The number of benzene rings is 2. The van der Waals surface area contributed by atoms with E-state index in [-0.39, 0.29) is 24.3 Å². The minimum Gasteiger partial charge on any atom is -0.488 e. The third-order valence-electron chi connectivity index (χ3n) is 5.12. The van der Waals surface area contributed by atoms with E-state index in [2.05, 4.69) is 24.7 Å². The van der Waals surface area contributed by atoms with Crippen LogP contribution >= 0.6 is 11.6 Å². The molecule has 0 unspecified atom stereocenters. The molecule has 3 aromatic rings. The number of aromatic nitrogens is 2. The van der Waals surface area contributed by atoms with Gasteiger partial charge in [0, 0.05) is 23.7 Å². The number of halogens is 2. The average Bonchev–Trinajstić information content (AvgIpc) is 2.80. The maximum absolute atomic E-state index is 13.5. The van der Waals surface area contributed by atoms with Crippen LogP contribution in [0.25, 0.3) is 10.9 Å². The zero-order valence-corrected chi connectivity index (χ0v) is 20.0. The van der Waals surface area contributed by atoms with Gasteiger partial charge in [-0.3, -0.25) is 0 Å². The Hall–Kier alpha value is -2.73. The van der Waals surface area contributed by atoms with E-state index in [1.165, 1.54) is 18.5 Å². The van der Waals surface area contributed by atoms with E-state index in [0.717, 1.165) is 32.3 Å². The van der Waals surface area contributed by atoms with E-state index in [1.807, 2.05) is 0 Å². The summed E-state index contributed by atoms with van der Waals surface area (Å²) in [5.41, 5.74) is 1.15. The van der Waals surface area contributed by atoms with Gasteiger partial charge in [0.15, 0.2) is 11.5 Å². The molecule has 182 valence electrons. The molecule has 0 bridgehead atoms. The van der Waals surface area contributed by atoms with Crippen LogP contribution in [-0.4, -0.2) is 61.8 Å². The number of ether oxygens (including phenoxy) is 3. The molecule has 2 heterocycles. The second-order valence-corrected chi connectivity index (χ2v) is 10.0. The number of hydrogen-bond donors (Lipinski definition) is 2. The van der Waals surface area contributed by atoms with Crippen LogP contribution in [0.3, 0.4) is 0 Å². The lowest BCUT2D eigenvalue weighted by Gasteiger charge is -2.23. The summed E-state index contributed by atoms with van der Waals surface area (Å²) in [5, 5.41) is 3.80. The number of fused-ring (bicyclic) bond motifs is 1. The first-order valence-corrected chi connectivity index (χ1v) is 12.9. The van der Waals surface area contributed by atoms with Crippen LogP contribution < -0.4 is 19.5 Å². The maximum atomic E-state index is 13.5. The number of nitrogens with one attached hydrogen (secondary N) is 2. The Morgan fingerprint density at radius 3 is 2.71 bits per heavy atom. The minimum atomic E-state index is -3.32. The summed E-state index contributed by atoms with van der Waals surface area (Å²) in [7, 11) is -3.32. The van der Waals surface area contributed by atoms with Gasteiger partial charge in [-0.2, -0.15) is 0 Å². The lowest BCUT2D eigenvalue weighted by atomic mass is 10.1. The van der Waals surface area contributed by atoms with Crippen molar-refractivity contribution >= 4 is 44.0 Å². The number of rotatable bonds is 9. The van der Waals surface area contributed by atoms with Crippen molar-refractivity contribution in [3.05, 3.63) is 47.5 Å². The minimum absolute atomic E-state index is 0.00603. The zero-order chi connectivity index (χ0) is 24.1. The standard InChI is InChI=1S/C22H24ClFN4O5S/c1-34(29,30)27-6-9-32-20-12-19-16(11-21(20)33-15-4-7-31-8-5-15)22(26-13-25-19)28-14-2-3-18(24)17(23)10-14/h2-3,10-13,15,27H,4-9H2,1H3,(H,25,26,28)/p+1. The molecule has 0 saturated carbocycles. The molecule has 0 amide bonds. The fourth-order valence-electron chi connectivity index (χ4n) is 3.49. The molecule has 12 heteroatoms. The van der Waals surface area contributed by atoms with Gasteiger partial charge in [-0.05, 0) is 24.3 Å². The normalized spacial score (nSPS) is 14.8. The van der Waals surface area contributed by atoms with Crippen LogP contribution in [0.5, 0.6) is 11.5 Å². The zero-order valence-electron chi connectivity index (χ0n) is 18.4. The van der Waals surface area contributed by atoms with Crippen LogP contribution in [-0.2, 0) is 10.0 Å². The second kappa shape index (κ2) is 10.7. The lowest BCUT2D eigenvalue weighted by molar-refractivity contribution is -0.0934. The third-order valence-corrected chi connectivity index (χ3v) is 6.14. The topological polar surface area (TPSA) is 115 Å². The Kier molecular flexibility index (Phi) is 7.67. The quantitative estimate of drug-likeness (QED) is 0.335. The van der Waals surface area contributed by atoms with Gasteiger partial charge in [-0.15, -0.1) is 0 Å². The number of anilines is 2. The number of sulfonamides is 1. The predicted molar refractivity (Wildman–Crippen MR) is 128 cm³/mol. The molecule has 0 aliphatic carbocycles. The van der Waals surface area contributed by atoms with Gasteiger partial charge in [0.05, 0.1) is 29.6 Å². The molecule has 0 radical (unpaired) electrons. The first-order chi connectivity index (χ1) is 16.3. The van der Waals surface area contributed by atoms with E-state index in [0.29, 0.717) is 33.9 Å². The van der Waals surface area contributed by atoms with Crippen molar-refractivity contribution in [3.63, 3.8) is 0 Å². The van der Waals surface area contributed by atoms with Gasteiger partial charge < -0.3 is 19.5 Å². The third kappa shape index (κ3) is 6.44. The molecular weight excluding hydrogens is 487 g/mol. The molecule has 9 nitrogen and oxygen atoms in total. The summed E-state index contributed by atoms with van der Waals surface area (Å²) in [5.74, 6) is 0.914. The maximum Gasteiger partial charge on any atom is 0.208 e. The van der Waals surface area contributed by atoms with Gasteiger partial charge in [0.2, 0.25) is 10.0 Å². The van der Waals surface area contributed by atoms with Crippen LogP contribution in [0, 0.1) is 5.82 Å². The molecule has 1 aliphatic heterocycles. The highest BCUT2D eigenvalue weighted by molar-refractivity contribution is 7.88. The first-order valence-electron chi connectivity index (χ1n) is 10.7. The second-order valence-electron chi connectivity index (χ2n) is 7.80. The molecule has 3 N–H and O–H groups in total. The largest absolute Gasteiger partial charge is 0.488 e. The van der Waals surface area contributed by atoms with Gasteiger partial charge in [0.25, 0.3) is 0 Å². The van der Waals surface area contributed by atoms with Gasteiger partial charge in [-0.25, -0.2) is 27.5 Å². The Balaban J connectivity index is 1.64. The Morgan fingerprint density at radius 2 is 1.97 bits per heavy atom. The van der Waals surface area contributed by atoms with Crippen molar-refractivity contribution in [2.24, 2.45) is 0 Å². The van der Waals surface area contributed by atoms with Crippen molar-refractivity contribution in [2.75, 3.05) is 37.9 Å². The first kappa shape index (κ1) is 24.4. The van der Waals surface area contributed by atoms with Crippen molar-refractivity contribution in [2.45, 2.75) is 18.9 Å². The Morgan fingerprint density at radius 1 is 1.18 bits per heavy atom. The van der Waals surface area contributed by atoms with Crippen LogP contribution in [0.2, 0.25) is 5.02 Å². The number of nitrogens with zero attached hydrogens (tertiary/aromatic N) is 2. The van der Waals surface area contributed by atoms with Gasteiger partial charge >= 0.3 is 0 Å². The molecule has 1 aromatic heterocycles. The van der Waals surface area contributed by atoms with Crippen molar-refractivity contribution < 1.29 is 27.0 Å². The van der Waals surface area contributed by atoms with E-state index >= 15 is 0 Å². The Bertz CT molecular complexity index is 1270. The highest BCUT2D eigenvalue weighted by Gasteiger charge is 2.21. The van der Waals surface area contributed by atoms with E-state index in [1.54, 1.807) is 18.2 Å². The average molecular weight is 512 g/mol. The highest BCUT2D eigenvalue weighted by atomic mass is 35.5. The monoisotopic (exact) mass is 511 g/mol. The van der Waals surface area contributed by atoms with E-state index in [9.17, 15) is 12.8 Å². The van der Waals surface area contributed by atoms with Gasteiger partial charge in [0.1, 0.15) is 43.9 Å². The Labute approximate surface area is 201 Å². The predicted octanol–water partition coefficient (Wildman–Crippen LogP) is 3.16. The summed E-state index contributed by atoms with van der Waals surface area (Å²) in [4.78, 5) is 8.66. The van der Waals surface area contributed by atoms with E-state index < -0.39 is 15.8 Å². The number of aliphatic hydroxyl groups is 2. The summed E-state index contributed by atoms with van der Waals surface area (Å²) in [6.07, 6.45) is 4.04. The molecule has 1 saturated heterocycles. The summed E-state index contributed by atoms with van der Waals surface area (Å²) in [6, 6.07) is 7.81. The molecular formula is C22H25ClFN4O5S+. The molecule has 4 rings (SSSR count). The van der Waals surface area contributed by atoms with Crippen LogP contribution in [0.1, 0.15) is 12.8 Å². The fraction of sp³-hybridized carbons (Fsp3) is 0.364.